The molecule has 12 heteroatoms. The molecule has 0 aliphatic heterocycles. The zero-order valence-electron chi connectivity index (χ0n) is 17.7. The van der Waals surface area contributed by atoms with E-state index in [1.165, 1.54) is 42.5 Å². The van der Waals surface area contributed by atoms with Crippen molar-refractivity contribution >= 4 is 51.5 Å². The summed E-state index contributed by atoms with van der Waals surface area (Å²) in [6.45, 7) is 0. The minimum absolute atomic E-state index is 0.0763. The molecule has 0 heterocycles. The molecule has 0 saturated carbocycles. The second-order valence-corrected chi connectivity index (χ2v) is 7.68. The minimum Gasteiger partial charge on any atom is -0.415 e. The van der Waals surface area contributed by atoms with E-state index in [2.05, 4.69) is 26.5 Å². The number of nitrogens with zero attached hydrogens (tertiary/aromatic N) is 3. The molecule has 0 aromatic heterocycles. The molecular formula is C23H15BrN4O7. The van der Waals surface area contributed by atoms with Gasteiger partial charge in [0.1, 0.15) is 0 Å². The zero-order chi connectivity index (χ0) is 25.4. The number of nitro benzene ring substituents is 2. The normalized spacial score (nSPS) is 10.9. The first kappa shape index (κ1) is 24.9. The first-order valence-corrected chi connectivity index (χ1v) is 10.5. The van der Waals surface area contributed by atoms with Gasteiger partial charge in [0.05, 0.1) is 16.1 Å². The molecule has 0 aliphatic rings. The maximum Gasteiger partial charge on any atom is 0.336 e. The number of hydrogen-bond donors (Lipinski definition) is 1. The average Bonchev–Trinajstić information content (AvgIpc) is 2.84. The molecule has 0 fully saturated rings. The first-order chi connectivity index (χ1) is 16.7. The van der Waals surface area contributed by atoms with Gasteiger partial charge in [0.15, 0.2) is 0 Å². The number of benzene rings is 3. The molecule has 0 aliphatic carbocycles. The van der Waals surface area contributed by atoms with Crippen LogP contribution in [0.3, 0.4) is 0 Å². The molecule has 0 atom stereocenters. The summed E-state index contributed by atoms with van der Waals surface area (Å²) in [5.74, 6) is -1.80. The summed E-state index contributed by atoms with van der Waals surface area (Å²) >= 11 is 3.27. The Bertz CT molecular complexity index is 1340. The van der Waals surface area contributed by atoms with E-state index >= 15 is 0 Å². The number of para-hydroxylation sites is 1. The lowest BCUT2D eigenvalue weighted by molar-refractivity contribution is -0.385. The van der Waals surface area contributed by atoms with Crippen molar-refractivity contribution in [1.29, 1.82) is 0 Å². The number of nitrogens with one attached hydrogen (secondary N) is 1. The van der Waals surface area contributed by atoms with E-state index in [4.69, 9.17) is 4.74 Å². The van der Waals surface area contributed by atoms with Crippen molar-refractivity contribution in [3.05, 3.63) is 114 Å². The Hall–Kier alpha value is -4.71. The molecule has 0 saturated heterocycles. The van der Waals surface area contributed by atoms with Gasteiger partial charge in [-0.05, 0) is 54.1 Å². The predicted octanol–water partition coefficient (Wildman–Crippen LogP) is 4.65. The van der Waals surface area contributed by atoms with Crippen LogP contribution in [0.25, 0.3) is 6.08 Å². The van der Waals surface area contributed by atoms with Crippen LogP contribution in [0.15, 0.2) is 82.4 Å². The Morgan fingerprint density at radius 2 is 1.63 bits per heavy atom. The molecule has 1 N–H and O–H groups in total. The number of hydrogen-bond acceptors (Lipinski definition) is 8. The Kier molecular flexibility index (Phi) is 8.14. The van der Waals surface area contributed by atoms with Gasteiger partial charge >= 0.3 is 11.7 Å². The Morgan fingerprint density at radius 1 is 0.943 bits per heavy atom. The van der Waals surface area contributed by atoms with E-state index in [-0.39, 0.29) is 17.0 Å². The van der Waals surface area contributed by atoms with Crippen molar-refractivity contribution in [2.45, 2.75) is 0 Å². The SMILES string of the molecule is O=C(/C=C/c1ccc([N+](=O)[O-])cc1)Oc1c(/C=N/NC(=O)c2ccc(Br)cc2)cccc1[N+](=O)[O-]. The van der Waals surface area contributed by atoms with Crippen LogP contribution in [-0.2, 0) is 4.79 Å². The fourth-order valence-electron chi connectivity index (χ4n) is 2.73. The number of ether oxygens (including phenoxy) is 1. The van der Waals surface area contributed by atoms with Gasteiger partial charge in [0.25, 0.3) is 11.6 Å². The highest BCUT2D eigenvalue weighted by Crippen LogP contribution is 2.30. The molecule has 11 nitrogen and oxygen atoms in total. The Balaban J connectivity index is 1.76. The van der Waals surface area contributed by atoms with Gasteiger partial charge in [-0.15, -0.1) is 0 Å². The monoisotopic (exact) mass is 538 g/mol. The zero-order valence-corrected chi connectivity index (χ0v) is 19.2. The summed E-state index contributed by atoms with van der Waals surface area (Å²) in [5.41, 5.74) is 2.60. The van der Waals surface area contributed by atoms with Gasteiger partial charge in [-0.25, -0.2) is 10.2 Å². The lowest BCUT2D eigenvalue weighted by Crippen LogP contribution is -2.17. The number of non-ortho nitro benzene ring substituents is 1. The first-order valence-electron chi connectivity index (χ1n) is 9.75. The standard InChI is InChI=1S/C23H15BrN4O7/c24-18-9-7-16(8-10-18)23(30)26-25-14-17-2-1-3-20(28(33)34)22(17)35-21(29)13-6-15-4-11-19(12-5-15)27(31)32/h1-14H,(H,26,30)/b13-6+,25-14+. The fraction of sp³-hybridized carbons (Fsp3) is 0. The molecule has 3 rings (SSSR count). The number of esters is 1. The van der Waals surface area contributed by atoms with Crippen LogP contribution in [0.2, 0.25) is 0 Å². The van der Waals surface area contributed by atoms with E-state index in [1.54, 1.807) is 24.3 Å². The maximum atomic E-state index is 12.3. The van der Waals surface area contributed by atoms with Gasteiger partial charge in [0, 0.05) is 39.9 Å². The molecule has 35 heavy (non-hydrogen) atoms. The summed E-state index contributed by atoms with van der Waals surface area (Å²) in [5, 5.41) is 26.0. The molecule has 0 spiro atoms. The maximum absolute atomic E-state index is 12.3. The van der Waals surface area contributed by atoms with E-state index in [0.29, 0.717) is 11.1 Å². The third kappa shape index (κ3) is 6.88. The van der Waals surface area contributed by atoms with Crippen molar-refractivity contribution in [2.75, 3.05) is 0 Å². The topological polar surface area (TPSA) is 154 Å². The van der Waals surface area contributed by atoms with Gasteiger partial charge in [-0.3, -0.25) is 25.0 Å². The predicted molar refractivity (Wildman–Crippen MR) is 130 cm³/mol. The summed E-state index contributed by atoms with van der Waals surface area (Å²) in [4.78, 5) is 45.4. The van der Waals surface area contributed by atoms with Crippen molar-refractivity contribution < 1.29 is 24.2 Å². The summed E-state index contributed by atoms with van der Waals surface area (Å²) in [6, 6.07) is 15.9. The Labute approximate surface area is 206 Å². The second kappa shape index (κ2) is 11.4. The third-order valence-electron chi connectivity index (χ3n) is 4.42. The molecule has 0 bridgehead atoms. The van der Waals surface area contributed by atoms with Crippen molar-refractivity contribution in [3.63, 3.8) is 0 Å². The lowest BCUT2D eigenvalue weighted by atomic mass is 10.2. The van der Waals surface area contributed by atoms with E-state index in [9.17, 15) is 29.8 Å². The molecule has 0 radical (unpaired) electrons. The summed E-state index contributed by atoms with van der Waals surface area (Å²) in [6.07, 6.45) is 3.48. The smallest absolute Gasteiger partial charge is 0.336 e. The number of nitro groups is 2. The van der Waals surface area contributed by atoms with Crippen molar-refractivity contribution in [1.82, 2.24) is 5.43 Å². The number of rotatable bonds is 8. The van der Waals surface area contributed by atoms with E-state index in [1.807, 2.05) is 0 Å². The van der Waals surface area contributed by atoms with Crippen LogP contribution in [0.5, 0.6) is 5.75 Å². The van der Waals surface area contributed by atoms with Crippen LogP contribution in [0, 0.1) is 20.2 Å². The van der Waals surface area contributed by atoms with Gasteiger partial charge in [-0.2, -0.15) is 5.10 Å². The highest BCUT2D eigenvalue weighted by molar-refractivity contribution is 9.10. The lowest BCUT2D eigenvalue weighted by Gasteiger charge is -2.06. The van der Waals surface area contributed by atoms with Gasteiger partial charge in [0.2, 0.25) is 5.75 Å². The number of halogens is 1. The number of carbonyl (C=O) groups is 2. The Morgan fingerprint density at radius 3 is 2.26 bits per heavy atom. The number of hydrazone groups is 1. The second-order valence-electron chi connectivity index (χ2n) is 6.76. The summed E-state index contributed by atoms with van der Waals surface area (Å²) in [7, 11) is 0. The average molecular weight is 539 g/mol. The molecule has 3 aromatic rings. The number of amides is 1. The quantitative estimate of drug-likeness (QED) is 0.109. The molecule has 3 aromatic carbocycles. The van der Waals surface area contributed by atoms with Crippen LogP contribution in [-0.4, -0.2) is 27.9 Å². The molecule has 1 amide bonds. The van der Waals surface area contributed by atoms with Gasteiger partial charge in [-0.1, -0.05) is 22.0 Å². The van der Waals surface area contributed by atoms with Crippen LogP contribution < -0.4 is 10.2 Å². The molecule has 176 valence electrons. The van der Waals surface area contributed by atoms with Gasteiger partial charge < -0.3 is 4.74 Å². The third-order valence-corrected chi connectivity index (χ3v) is 4.94. The highest BCUT2D eigenvalue weighted by Gasteiger charge is 2.20. The van der Waals surface area contributed by atoms with Crippen molar-refractivity contribution in [3.8, 4) is 5.75 Å². The largest absolute Gasteiger partial charge is 0.415 e. The van der Waals surface area contributed by atoms with Crippen molar-refractivity contribution in [2.24, 2.45) is 5.10 Å². The van der Waals surface area contributed by atoms with Crippen LogP contribution >= 0.6 is 15.9 Å². The minimum atomic E-state index is -0.925. The van der Waals surface area contributed by atoms with E-state index < -0.39 is 27.4 Å². The van der Waals surface area contributed by atoms with E-state index in [0.717, 1.165) is 22.8 Å². The summed E-state index contributed by atoms with van der Waals surface area (Å²) < 4.78 is 5.99. The van der Waals surface area contributed by atoms with Crippen LogP contribution in [0.4, 0.5) is 11.4 Å². The molecular weight excluding hydrogens is 524 g/mol. The van der Waals surface area contributed by atoms with Crippen LogP contribution in [0.1, 0.15) is 21.5 Å². The molecule has 0 unspecified atom stereocenters. The fourth-order valence-corrected chi connectivity index (χ4v) is 3.00. The number of carbonyl (C=O) groups excluding carboxylic acids is 2. The highest BCUT2D eigenvalue weighted by atomic mass is 79.9.